The van der Waals surface area contributed by atoms with Crippen LogP contribution >= 0.6 is 22.9 Å². The largest absolute Gasteiger partial charge is 0.494 e. The lowest BCUT2D eigenvalue weighted by atomic mass is 10.2. The topological polar surface area (TPSA) is 37.7 Å². The van der Waals surface area contributed by atoms with Crippen LogP contribution in [-0.4, -0.2) is 54.7 Å². The Bertz CT molecular complexity index is 1340. The highest BCUT2D eigenvalue weighted by atomic mass is 35.5. The van der Waals surface area contributed by atoms with E-state index in [1.54, 1.807) is 6.07 Å². The number of nitrogens with zero attached hydrogens (tertiary/aromatic N) is 3. The van der Waals surface area contributed by atoms with Gasteiger partial charge in [-0.1, -0.05) is 6.07 Å². The Morgan fingerprint density at radius 1 is 0.889 bits per heavy atom. The van der Waals surface area contributed by atoms with E-state index >= 15 is 0 Å². The van der Waals surface area contributed by atoms with E-state index in [1.807, 2.05) is 40.2 Å². The van der Waals surface area contributed by atoms with Crippen molar-refractivity contribution in [1.29, 1.82) is 0 Å². The summed E-state index contributed by atoms with van der Waals surface area (Å²) in [5.74, 6) is 1.45. The molecule has 1 fully saturated rings. The highest BCUT2D eigenvalue weighted by Gasteiger charge is 2.18. The van der Waals surface area contributed by atoms with Crippen molar-refractivity contribution in [1.82, 2.24) is 9.47 Å². The summed E-state index contributed by atoms with van der Waals surface area (Å²) in [4.78, 5) is 17.5. The van der Waals surface area contributed by atoms with Gasteiger partial charge in [-0.2, -0.15) is 0 Å². The molecule has 3 heterocycles. The highest BCUT2D eigenvalue weighted by Crippen LogP contribution is 2.31. The lowest BCUT2D eigenvalue weighted by Gasteiger charge is -2.36. The van der Waals surface area contributed by atoms with E-state index in [0.717, 1.165) is 75.1 Å². The van der Waals surface area contributed by atoms with Crippen molar-refractivity contribution in [3.63, 3.8) is 0 Å². The van der Waals surface area contributed by atoms with Gasteiger partial charge in [-0.15, -0.1) is 22.9 Å². The van der Waals surface area contributed by atoms with Crippen LogP contribution in [0, 0.1) is 0 Å². The molecule has 2 aromatic carbocycles. The second-order valence-electron chi connectivity index (χ2n) is 9.43. The molecule has 0 spiro atoms. The number of benzene rings is 2. The summed E-state index contributed by atoms with van der Waals surface area (Å²) in [5, 5.41) is 4.63. The van der Waals surface area contributed by atoms with Gasteiger partial charge in [0.05, 0.1) is 12.1 Å². The molecule has 0 N–H and O–H groups in total. The van der Waals surface area contributed by atoms with Gasteiger partial charge in [0, 0.05) is 66.5 Å². The fraction of sp³-hybridized carbons (Fsp3) is 0.414. The number of hydrogen-bond donors (Lipinski definition) is 0. The van der Waals surface area contributed by atoms with Crippen molar-refractivity contribution < 1.29 is 4.74 Å². The molecule has 1 aliphatic rings. The third-order valence-corrected chi connectivity index (χ3v) is 8.20. The molecule has 5 nitrogen and oxygen atoms in total. The first kappa shape index (κ1) is 25.1. The normalized spacial score (nSPS) is 14.6. The number of rotatable bonds is 11. The fourth-order valence-corrected chi connectivity index (χ4v) is 6.04. The summed E-state index contributed by atoms with van der Waals surface area (Å²) in [6, 6.07) is 18.5. The molecule has 1 saturated heterocycles. The number of halogens is 1. The average Bonchev–Trinajstić information content (AvgIpc) is 3.39. The van der Waals surface area contributed by atoms with Crippen LogP contribution in [-0.2, 0) is 6.54 Å². The zero-order valence-electron chi connectivity index (χ0n) is 20.7. The summed E-state index contributed by atoms with van der Waals surface area (Å²) in [7, 11) is 0. The number of pyridine rings is 1. The maximum absolute atomic E-state index is 12.4. The Kier molecular flexibility index (Phi) is 8.47. The van der Waals surface area contributed by atoms with Gasteiger partial charge in [0.25, 0.3) is 5.56 Å². The van der Waals surface area contributed by atoms with E-state index < -0.39 is 0 Å². The molecule has 0 atom stereocenters. The van der Waals surface area contributed by atoms with Crippen LogP contribution in [0.4, 0.5) is 5.69 Å². The molecule has 5 rings (SSSR count). The third kappa shape index (κ3) is 5.88. The summed E-state index contributed by atoms with van der Waals surface area (Å²) < 4.78 is 9.28. The van der Waals surface area contributed by atoms with E-state index in [0.29, 0.717) is 19.0 Å². The molecule has 7 heteroatoms. The van der Waals surface area contributed by atoms with Crippen molar-refractivity contribution in [3.05, 3.63) is 70.3 Å². The molecular weight excluding hydrogens is 490 g/mol. The second-order valence-corrected chi connectivity index (χ2v) is 10.8. The molecule has 0 amide bonds. The lowest BCUT2D eigenvalue weighted by Crippen LogP contribution is -2.46. The maximum Gasteiger partial charge on any atom is 0.251 e. The number of piperazine rings is 1. The number of anilines is 1. The molecule has 0 bridgehead atoms. The second kappa shape index (κ2) is 12.1. The van der Waals surface area contributed by atoms with Crippen LogP contribution in [0.2, 0.25) is 0 Å². The first-order valence-electron chi connectivity index (χ1n) is 13.0. The summed E-state index contributed by atoms with van der Waals surface area (Å²) in [6.45, 7) is 6.85. The smallest absolute Gasteiger partial charge is 0.251 e. The minimum absolute atomic E-state index is 0.0290. The molecule has 0 radical (unpaired) electrons. The van der Waals surface area contributed by atoms with Crippen LogP contribution in [0.15, 0.2) is 64.8 Å². The number of fused-ring (bicyclic) bond motifs is 2. The van der Waals surface area contributed by atoms with Gasteiger partial charge in [0.2, 0.25) is 0 Å². The molecule has 0 unspecified atom stereocenters. The van der Waals surface area contributed by atoms with Crippen molar-refractivity contribution in [3.8, 4) is 5.75 Å². The molecular formula is C29H34ClN3O2S. The molecule has 4 aromatic rings. The standard InChI is InChI=1S/C29H34ClN3O2S/c30-13-1-2-15-33-27-22-24(10-8-23(27)9-11-29(33)34)35-20-4-3-14-31-16-18-32(19-17-31)26-6-5-7-28-25(26)12-21-36-28/h5-12,21-22H,1-4,13-20H2. The van der Waals surface area contributed by atoms with Gasteiger partial charge < -0.3 is 14.2 Å². The van der Waals surface area contributed by atoms with E-state index in [4.69, 9.17) is 16.3 Å². The Labute approximate surface area is 221 Å². The Hall–Kier alpha value is -2.54. The number of ether oxygens (including phenoxy) is 1. The van der Waals surface area contributed by atoms with Crippen LogP contribution in [0.1, 0.15) is 25.7 Å². The quantitative estimate of drug-likeness (QED) is 0.173. The van der Waals surface area contributed by atoms with E-state index in [1.165, 1.54) is 15.8 Å². The lowest BCUT2D eigenvalue weighted by molar-refractivity contribution is 0.239. The van der Waals surface area contributed by atoms with Crippen LogP contribution in [0.25, 0.3) is 21.0 Å². The third-order valence-electron chi connectivity index (χ3n) is 7.05. The van der Waals surface area contributed by atoms with E-state index in [9.17, 15) is 4.79 Å². The van der Waals surface area contributed by atoms with Crippen molar-refractivity contribution in [2.24, 2.45) is 0 Å². The van der Waals surface area contributed by atoms with Crippen LogP contribution in [0.5, 0.6) is 5.75 Å². The van der Waals surface area contributed by atoms with Crippen molar-refractivity contribution in [2.45, 2.75) is 32.2 Å². The van der Waals surface area contributed by atoms with Gasteiger partial charge in [0.1, 0.15) is 5.75 Å². The zero-order valence-corrected chi connectivity index (χ0v) is 22.3. The summed E-state index contributed by atoms with van der Waals surface area (Å²) >= 11 is 7.64. The Morgan fingerprint density at radius 3 is 2.58 bits per heavy atom. The number of hydrogen-bond acceptors (Lipinski definition) is 5. The molecule has 0 saturated carbocycles. The van der Waals surface area contributed by atoms with E-state index in [2.05, 4.69) is 39.4 Å². The minimum Gasteiger partial charge on any atom is -0.494 e. The van der Waals surface area contributed by atoms with Crippen LogP contribution in [0.3, 0.4) is 0 Å². The molecule has 2 aromatic heterocycles. The first-order valence-corrected chi connectivity index (χ1v) is 14.4. The Balaban J connectivity index is 1.07. The Morgan fingerprint density at radius 2 is 1.72 bits per heavy atom. The fourth-order valence-electron chi connectivity index (χ4n) is 5.05. The maximum atomic E-state index is 12.4. The van der Waals surface area contributed by atoms with Gasteiger partial charge in [-0.25, -0.2) is 0 Å². The zero-order chi connectivity index (χ0) is 24.7. The number of alkyl halides is 1. The van der Waals surface area contributed by atoms with Gasteiger partial charge in [0.15, 0.2) is 0 Å². The minimum atomic E-state index is 0.0290. The number of thiophene rings is 1. The van der Waals surface area contributed by atoms with Gasteiger partial charge in [-0.05, 0) is 79.4 Å². The predicted octanol–water partition coefficient (Wildman–Crippen LogP) is 6.22. The summed E-state index contributed by atoms with van der Waals surface area (Å²) in [5.41, 5.74) is 2.34. The number of aromatic nitrogens is 1. The monoisotopic (exact) mass is 523 g/mol. The first-order chi connectivity index (χ1) is 17.7. The number of unbranched alkanes of at least 4 members (excludes halogenated alkanes) is 2. The van der Waals surface area contributed by atoms with Crippen LogP contribution < -0.4 is 15.2 Å². The predicted molar refractivity (Wildman–Crippen MR) is 153 cm³/mol. The van der Waals surface area contributed by atoms with Crippen molar-refractivity contribution >= 4 is 49.6 Å². The molecule has 1 aliphatic heterocycles. The molecule has 36 heavy (non-hydrogen) atoms. The molecule has 0 aliphatic carbocycles. The average molecular weight is 524 g/mol. The van der Waals surface area contributed by atoms with E-state index in [-0.39, 0.29) is 5.56 Å². The highest BCUT2D eigenvalue weighted by molar-refractivity contribution is 7.17. The van der Waals surface area contributed by atoms with Gasteiger partial charge in [-0.3, -0.25) is 9.69 Å². The SMILES string of the molecule is O=c1ccc2ccc(OCCCCN3CCN(c4cccc5sccc45)CC3)cc2n1CCCCCl. The van der Waals surface area contributed by atoms with Gasteiger partial charge >= 0.3 is 0 Å². The van der Waals surface area contributed by atoms with Crippen molar-refractivity contribution in [2.75, 3.05) is 50.1 Å². The summed E-state index contributed by atoms with van der Waals surface area (Å²) in [6.07, 6.45) is 3.94. The number of aryl methyl sites for hydroxylation is 1. The molecule has 190 valence electrons.